The second-order valence-corrected chi connectivity index (χ2v) is 5.33. The molecule has 1 fully saturated rings. The van der Waals surface area contributed by atoms with E-state index in [1.807, 2.05) is 30.3 Å². The van der Waals surface area contributed by atoms with Gasteiger partial charge >= 0.3 is 12.1 Å². The van der Waals surface area contributed by atoms with Crippen LogP contribution >= 0.6 is 0 Å². The number of carbonyl (C=O) groups is 2. The normalized spacial score (nSPS) is 21.3. The molecule has 1 heterocycles. The third-order valence-corrected chi connectivity index (χ3v) is 3.89. The van der Waals surface area contributed by atoms with E-state index in [2.05, 4.69) is 0 Å². The van der Waals surface area contributed by atoms with Gasteiger partial charge in [-0.1, -0.05) is 30.3 Å². The Hall–Kier alpha value is -2.08. The zero-order chi connectivity index (χ0) is 15.9. The van der Waals surface area contributed by atoms with Crippen molar-refractivity contribution in [2.45, 2.75) is 25.5 Å². The van der Waals surface area contributed by atoms with Crippen LogP contribution in [0.1, 0.15) is 18.4 Å². The first-order valence-corrected chi connectivity index (χ1v) is 7.31. The topological polar surface area (TPSA) is 76.1 Å². The van der Waals surface area contributed by atoms with Crippen LogP contribution in [0.25, 0.3) is 0 Å². The zero-order valence-electron chi connectivity index (χ0n) is 12.6. The van der Waals surface area contributed by atoms with E-state index >= 15 is 0 Å². The number of methoxy groups -OCH3 is 1. The maximum absolute atomic E-state index is 12.2. The molecule has 2 unspecified atom stereocenters. The molecular weight excluding hydrogens is 286 g/mol. The fourth-order valence-electron chi connectivity index (χ4n) is 2.60. The number of benzene rings is 1. The summed E-state index contributed by atoms with van der Waals surface area (Å²) in [6.45, 7) is 0.233. The number of likely N-dealkylation sites (tertiary alicyclic amines) is 1. The Morgan fingerprint density at radius 3 is 2.64 bits per heavy atom. The number of hydrogen-bond acceptors (Lipinski definition) is 5. The summed E-state index contributed by atoms with van der Waals surface area (Å²) in [6.07, 6.45) is 0.633. The molecule has 0 saturated carbocycles. The molecule has 1 N–H and O–H groups in total. The van der Waals surface area contributed by atoms with Gasteiger partial charge in [-0.2, -0.15) is 0 Å². The lowest BCUT2D eigenvalue weighted by Gasteiger charge is -2.36. The van der Waals surface area contributed by atoms with Crippen molar-refractivity contribution >= 4 is 12.1 Å². The number of rotatable bonds is 4. The van der Waals surface area contributed by atoms with Gasteiger partial charge in [0.25, 0.3) is 0 Å². The SMILES string of the molecule is COC(=O)C1CCC(CO)N(C(=O)OCc2ccccc2)C1. The van der Waals surface area contributed by atoms with Gasteiger partial charge in [-0.3, -0.25) is 4.79 Å². The summed E-state index contributed by atoms with van der Waals surface area (Å²) in [6, 6.07) is 9.04. The van der Waals surface area contributed by atoms with Gasteiger partial charge in [0.15, 0.2) is 0 Å². The average Bonchev–Trinajstić information content (AvgIpc) is 2.59. The van der Waals surface area contributed by atoms with Crippen LogP contribution in [0, 0.1) is 5.92 Å². The Balaban J connectivity index is 1.96. The van der Waals surface area contributed by atoms with E-state index in [0.717, 1.165) is 5.56 Å². The van der Waals surface area contributed by atoms with Crippen LogP contribution in [0.3, 0.4) is 0 Å². The predicted molar refractivity (Wildman–Crippen MR) is 78.9 cm³/mol. The highest BCUT2D eigenvalue weighted by molar-refractivity contribution is 5.75. The average molecular weight is 307 g/mol. The van der Waals surface area contributed by atoms with Gasteiger partial charge in [-0.25, -0.2) is 4.79 Å². The van der Waals surface area contributed by atoms with E-state index in [-0.39, 0.29) is 37.7 Å². The second kappa shape index (κ2) is 7.79. The van der Waals surface area contributed by atoms with E-state index in [9.17, 15) is 14.7 Å². The van der Waals surface area contributed by atoms with Gasteiger partial charge < -0.3 is 19.5 Å². The molecule has 0 aromatic heterocycles. The maximum Gasteiger partial charge on any atom is 0.410 e. The van der Waals surface area contributed by atoms with Crippen LogP contribution < -0.4 is 0 Å². The lowest BCUT2D eigenvalue weighted by Crippen LogP contribution is -2.50. The van der Waals surface area contributed by atoms with Crippen LogP contribution in [-0.4, -0.2) is 48.4 Å². The minimum Gasteiger partial charge on any atom is -0.469 e. The molecule has 1 aromatic rings. The molecule has 2 rings (SSSR count). The van der Waals surface area contributed by atoms with Crippen molar-refractivity contribution < 1.29 is 24.2 Å². The molecule has 0 spiro atoms. The van der Waals surface area contributed by atoms with E-state index in [1.165, 1.54) is 12.0 Å². The summed E-state index contributed by atoms with van der Waals surface area (Å²) in [4.78, 5) is 25.3. The first-order chi connectivity index (χ1) is 10.7. The molecule has 2 atom stereocenters. The number of esters is 1. The van der Waals surface area contributed by atoms with Crippen LogP contribution in [0.4, 0.5) is 4.79 Å². The van der Waals surface area contributed by atoms with Gasteiger partial charge in [0.05, 0.1) is 25.7 Å². The number of aliphatic hydroxyl groups excluding tert-OH is 1. The molecule has 22 heavy (non-hydrogen) atoms. The third-order valence-electron chi connectivity index (χ3n) is 3.89. The highest BCUT2D eigenvalue weighted by Gasteiger charge is 2.35. The number of carbonyl (C=O) groups excluding carboxylic acids is 2. The monoisotopic (exact) mass is 307 g/mol. The Labute approximate surface area is 129 Å². The molecule has 6 nitrogen and oxygen atoms in total. The molecule has 0 aliphatic carbocycles. The molecule has 120 valence electrons. The van der Waals surface area contributed by atoms with Crippen molar-refractivity contribution in [3.63, 3.8) is 0 Å². The van der Waals surface area contributed by atoms with Crippen LogP contribution in [0.15, 0.2) is 30.3 Å². The largest absolute Gasteiger partial charge is 0.469 e. The highest BCUT2D eigenvalue weighted by Crippen LogP contribution is 2.24. The van der Waals surface area contributed by atoms with Gasteiger partial charge in [0.2, 0.25) is 0 Å². The summed E-state index contributed by atoms with van der Waals surface area (Å²) < 4.78 is 10.0. The number of hydrogen-bond donors (Lipinski definition) is 1. The lowest BCUT2D eigenvalue weighted by molar-refractivity contribution is -0.147. The second-order valence-electron chi connectivity index (χ2n) is 5.33. The van der Waals surface area contributed by atoms with Gasteiger partial charge in [0.1, 0.15) is 6.61 Å². The Morgan fingerprint density at radius 1 is 1.27 bits per heavy atom. The van der Waals surface area contributed by atoms with E-state index < -0.39 is 6.09 Å². The zero-order valence-corrected chi connectivity index (χ0v) is 12.6. The minimum atomic E-state index is -0.517. The lowest BCUT2D eigenvalue weighted by atomic mass is 9.93. The molecular formula is C16H21NO5. The fraction of sp³-hybridized carbons (Fsp3) is 0.500. The first-order valence-electron chi connectivity index (χ1n) is 7.31. The molecule has 0 bridgehead atoms. The molecule has 6 heteroatoms. The van der Waals surface area contributed by atoms with Crippen molar-refractivity contribution in [2.75, 3.05) is 20.3 Å². The third kappa shape index (κ3) is 3.98. The van der Waals surface area contributed by atoms with Crippen molar-refractivity contribution in [3.8, 4) is 0 Å². The van der Waals surface area contributed by atoms with Crippen molar-refractivity contribution in [2.24, 2.45) is 5.92 Å². The van der Waals surface area contributed by atoms with Gasteiger partial charge in [-0.05, 0) is 18.4 Å². The Kier molecular flexibility index (Phi) is 5.77. The van der Waals surface area contributed by atoms with Crippen molar-refractivity contribution in [1.82, 2.24) is 4.90 Å². The Morgan fingerprint density at radius 2 is 2.00 bits per heavy atom. The predicted octanol–water partition coefficient (Wildman–Crippen LogP) is 1.57. The number of amides is 1. The fourth-order valence-corrected chi connectivity index (χ4v) is 2.60. The molecule has 1 amide bonds. The molecule has 1 saturated heterocycles. The summed E-state index contributed by atoms with van der Waals surface area (Å²) in [5.41, 5.74) is 0.887. The number of nitrogens with zero attached hydrogens (tertiary/aromatic N) is 1. The van der Waals surface area contributed by atoms with Crippen LogP contribution in [0.5, 0.6) is 0 Å². The summed E-state index contributed by atoms with van der Waals surface area (Å²) in [5.74, 6) is -0.700. The molecule has 1 aliphatic rings. The number of piperidine rings is 1. The van der Waals surface area contributed by atoms with Gasteiger partial charge in [0, 0.05) is 6.54 Å². The highest BCUT2D eigenvalue weighted by atomic mass is 16.6. The van der Waals surface area contributed by atoms with Gasteiger partial charge in [-0.15, -0.1) is 0 Å². The van der Waals surface area contributed by atoms with Crippen molar-refractivity contribution in [3.05, 3.63) is 35.9 Å². The van der Waals surface area contributed by atoms with Crippen molar-refractivity contribution in [1.29, 1.82) is 0 Å². The van der Waals surface area contributed by atoms with Crippen LogP contribution in [-0.2, 0) is 20.9 Å². The number of aliphatic hydroxyl groups is 1. The summed E-state index contributed by atoms with van der Waals surface area (Å²) >= 11 is 0. The summed E-state index contributed by atoms with van der Waals surface area (Å²) in [5, 5.41) is 9.41. The smallest absolute Gasteiger partial charge is 0.410 e. The quantitative estimate of drug-likeness (QED) is 0.855. The molecule has 0 radical (unpaired) electrons. The molecule has 1 aliphatic heterocycles. The van der Waals surface area contributed by atoms with Crippen LogP contribution in [0.2, 0.25) is 0 Å². The first kappa shape index (κ1) is 16.3. The minimum absolute atomic E-state index is 0.145. The Bertz CT molecular complexity index is 505. The summed E-state index contributed by atoms with van der Waals surface area (Å²) in [7, 11) is 1.33. The standard InChI is InChI=1S/C16H21NO5/c1-21-15(19)13-7-8-14(10-18)17(9-13)16(20)22-11-12-5-3-2-4-6-12/h2-6,13-14,18H,7-11H2,1H3. The number of ether oxygens (including phenoxy) is 2. The van der Waals surface area contributed by atoms with E-state index in [1.54, 1.807) is 0 Å². The van der Waals surface area contributed by atoms with E-state index in [4.69, 9.17) is 9.47 Å². The molecule has 1 aromatic carbocycles. The maximum atomic E-state index is 12.2. The van der Waals surface area contributed by atoms with E-state index in [0.29, 0.717) is 12.8 Å².